The van der Waals surface area contributed by atoms with Crippen molar-refractivity contribution in [1.29, 1.82) is 0 Å². The summed E-state index contributed by atoms with van der Waals surface area (Å²) in [4.78, 5) is 18.8. The molecule has 0 spiro atoms. The van der Waals surface area contributed by atoms with Crippen molar-refractivity contribution in [2.24, 2.45) is 4.99 Å². The van der Waals surface area contributed by atoms with Gasteiger partial charge in [0.2, 0.25) is 0 Å². The van der Waals surface area contributed by atoms with E-state index in [1.807, 2.05) is 39.8 Å². The zero-order valence-corrected chi connectivity index (χ0v) is 19.5. The van der Waals surface area contributed by atoms with Gasteiger partial charge in [-0.15, -0.1) is 24.0 Å². The van der Waals surface area contributed by atoms with Crippen LogP contribution in [0.15, 0.2) is 29.3 Å². The molecule has 1 fully saturated rings. The van der Waals surface area contributed by atoms with Gasteiger partial charge in [0, 0.05) is 26.2 Å². The molecule has 1 aromatic carbocycles. The van der Waals surface area contributed by atoms with E-state index in [0.717, 1.165) is 37.5 Å². The number of aromatic hydroxyl groups is 1. The number of likely N-dealkylation sites (tertiary alicyclic amines) is 1. The molecular formula is C20H33IN4O3. The zero-order chi connectivity index (χ0) is 19.9. The van der Waals surface area contributed by atoms with Gasteiger partial charge in [0.15, 0.2) is 5.96 Å². The first-order valence-electron chi connectivity index (χ1n) is 9.57. The maximum absolute atomic E-state index is 12.0. The van der Waals surface area contributed by atoms with Crippen LogP contribution in [-0.2, 0) is 11.2 Å². The minimum Gasteiger partial charge on any atom is -0.508 e. The Labute approximate surface area is 185 Å². The maximum atomic E-state index is 12.0. The second kappa shape index (κ2) is 11.3. The third kappa shape index (κ3) is 8.53. The standard InChI is InChI=1S/C20H32N4O3.HI/c1-5-21-18(22-11-9-15-7-6-8-17(25)13-15)24-12-10-16(14-24)23-19(26)27-20(2,3)4;/h6-8,13,16,25H,5,9-12,14H2,1-4H3,(H,21,22)(H,23,26);1H. The minimum absolute atomic E-state index is 0. The summed E-state index contributed by atoms with van der Waals surface area (Å²) in [6.45, 7) is 10.6. The average Bonchev–Trinajstić information content (AvgIpc) is 3.00. The molecule has 8 heteroatoms. The normalized spacial score (nSPS) is 17.1. The number of carbonyl (C=O) groups is 1. The summed E-state index contributed by atoms with van der Waals surface area (Å²) in [6.07, 6.45) is 1.24. The Morgan fingerprint density at radius 2 is 2.14 bits per heavy atom. The summed E-state index contributed by atoms with van der Waals surface area (Å²) < 4.78 is 5.33. The van der Waals surface area contributed by atoms with E-state index in [2.05, 4.69) is 15.5 Å². The highest BCUT2D eigenvalue weighted by atomic mass is 127. The summed E-state index contributed by atoms with van der Waals surface area (Å²) in [5, 5.41) is 15.8. The molecule has 0 bridgehead atoms. The number of phenols is 1. The number of rotatable bonds is 5. The fourth-order valence-corrected chi connectivity index (χ4v) is 2.97. The molecule has 0 aromatic heterocycles. The predicted octanol–water partition coefficient (Wildman–Crippen LogP) is 3.12. The SMILES string of the molecule is CCNC(=NCCc1cccc(O)c1)N1CCC(NC(=O)OC(C)(C)C)C1.I. The number of hydrogen-bond donors (Lipinski definition) is 3. The Morgan fingerprint density at radius 1 is 1.39 bits per heavy atom. The van der Waals surface area contributed by atoms with Crippen molar-refractivity contribution in [1.82, 2.24) is 15.5 Å². The van der Waals surface area contributed by atoms with E-state index in [0.29, 0.717) is 13.1 Å². The Kier molecular flexibility index (Phi) is 9.84. The fraction of sp³-hybridized carbons (Fsp3) is 0.600. The van der Waals surface area contributed by atoms with Crippen LogP contribution in [0.3, 0.4) is 0 Å². The third-order valence-corrected chi connectivity index (χ3v) is 4.12. The molecule has 1 amide bonds. The van der Waals surface area contributed by atoms with Gasteiger partial charge in [-0.25, -0.2) is 4.79 Å². The number of guanidine groups is 1. The molecule has 1 atom stereocenters. The lowest BCUT2D eigenvalue weighted by Crippen LogP contribution is -2.44. The van der Waals surface area contributed by atoms with Gasteiger partial charge < -0.3 is 25.4 Å². The van der Waals surface area contributed by atoms with E-state index in [1.54, 1.807) is 12.1 Å². The van der Waals surface area contributed by atoms with Gasteiger partial charge in [0.1, 0.15) is 11.4 Å². The molecule has 1 saturated heterocycles. The number of phenolic OH excluding ortho intramolecular Hbond substituents is 1. The van der Waals surface area contributed by atoms with Crippen molar-refractivity contribution >= 4 is 36.0 Å². The largest absolute Gasteiger partial charge is 0.508 e. The number of carbonyl (C=O) groups excluding carboxylic acids is 1. The van der Waals surface area contributed by atoms with Crippen molar-refractivity contribution in [3.8, 4) is 5.75 Å². The minimum atomic E-state index is -0.495. The molecule has 7 nitrogen and oxygen atoms in total. The number of alkyl carbamates (subject to hydrolysis) is 1. The predicted molar refractivity (Wildman–Crippen MR) is 123 cm³/mol. The van der Waals surface area contributed by atoms with E-state index < -0.39 is 5.60 Å². The fourth-order valence-electron chi connectivity index (χ4n) is 2.97. The molecule has 2 rings (SSSR count). The van der Waals surface area contributed by atoms with E-state index in [1.165, 1.54) is 0 Å². The van der Waals surface area contributed by atoms with Crippen LogP contribution >= 0.6 is 24.0 Å². The first-order chi connectivity index (χ1) is 12.8. The quantitative estimate of drug-likeness (QED) is 0.326. The Bertz CT molecular complexity index is 661. The van der Waals surface area contributed by atoms with Crippen LogP contribution < -0.4 is 10.6 Å². The number of nitrogens with zero attached hydrogens (tertiary/aromatic N) is 2. The molecule has 0 saturated carbocycles. The topological polar surface area (TPSA) is 86.2 Å². The van der Waals surface area contributed by atoms with Crippen LogP contribution in [0.4, 0.5) is 4.79 Å². The van der Waals surface area contributed by atoms with Crippen molar-refractivity contribution < 1.29 is 14.6 Å². The molecule has 1 unspecified atom stereocenters. The zero-order valence-electron chi connectivity index (χ0n) is 17.2. The van der Waals surface area contributed by atoms with Gasteiger partial charge in [-0.05, 0) is 58.2 Å². The molecule has 1 aromatic rings. The van der Waals surface area contributed by atoms with Crippen LogP contribution in [0.2, 0.25) is 0 Å². The van der Waals surface area contributed by atoms with Crippen molar-refractivity contribution in [2.75, 3.05) is 26.2 Å². The number of benzene rings is 1. The summed E-state index contributed by atoms with van der Waals surface area (Å²) in [5.41, 5.74) is 0.561. The lowest BCUT2D eigenvalue weighted by molar-refractivity contribution is 0.0507. The summed E-state index contributed by atoms with van der Waals surface area (Å²) in [5.74, 6) is 1.13. The molecule has 158 valence electrons. The Morgan fingerprint density at radius 3 is 2.79 bits per heavy atom. The van der Waals surface area contributed by atoms with Gasteiger partial charge in [-0.3, -0.25) is 4.99 Å². The van der Waals surface area contributed by atoms with Crippen molar-refractivity contribution in [3.05, 3.63) is 29.8 Å². The van der Waals surface area contributed by atoms with Crippen molar-refractivity contribution in [3.63, 3.8) is 0 Å². The van der Waals surface area contributed by atoms with E-state index in [4.69, 9.17) is 9.73 Å². The molecule has 1 heterocycles. The van der Waals surface area contributed by atoms with Crippen LogP contribution in [-0.4, -0.2) is 59.9 Å². The number of nitrogens with one attached hydrogen (secondary N) is 2. The van der Waals surface area contributed by atoms with Gasteiger partial charge in [-0.2, -0.15) is 0 Å². The highest BCUT2D eigenvalue weighted by molar-refractivity contribution is 14.0. The molecular weight excluding hydrogens is 471 g/mol. The molecule has 28 heavy (non-hydrogen) atoms. The lowest BCUT2D eigenvalue weighted by Gasteiger charge is -2.23. The molecule has 1 aliphatic heterocycles. The lowest BCUT2D eigenvalue weighted by atomic mass is 10.1. The molecule has 0 aliphatic carbocycles. The summed E-state index contributed by atoms with van der Waals surface area (Å²) >= 11 is 0. The first kappa shape index (κ1) is 24.3. The number of aliphatic imine (C=N–C) groups is 1. The molecule has 1 aliphatic rings. The van der Waals surface area contributed by atoms with Gasteiger partial charge in [-0.1, -0.05) is 12.1 Å². The van der Waals surface area contributed by atoms with Crippen LogP contribution in [0.1, 0.15) is 39.7 Å². The van der Waals surface area contributed by atoms with E-state index in [9.17, 15) is 9.90 Å². The van der Waals surface area contributed by atoms with Gasteiger partial charge in [0.05, 0.1) is 6.04 Å². The molecule has 3 N–H and O–H groups in total. The second-order valence-corrected chi connectivity index (χ2v) is 7.73. The first-order valence-corrected chi connectivity index (χ1v) is 9.57. The van der Waals surface area contributed by atoms with Crippen molar-refractivity contribution in [2.45, 2.75) is 52.2 Å². The smallest absolute Gasteiger partial charge is 0.407 e. The summed E-state index contributed by atoms with van der Waals surface area (Å²) in [6, 6.07) is 7.30. The number of amides is 1. The monoisotopic (exact) mass is 504 g/mol. The second-order valence-electron chi connectivity index (χ2n) is 7.73. The van der Waals surface area contributed by atoms with E-state index >= 15 is 0 Å². The Balaban J connectivity index is 0.00000392. The third-order valence-electron chi connectivity index (χ3n) is 4.12. The van der Waals surface area contributed by atoms with Gasteiger partial charge in [0.25, 0.3) is 0 Å². The van der Waals surface area contributed by atoms with Crippen LogP contribution in [0.5, 0.6) is 5.75 Å². The number of ether oxygens (including phenoxy) is 1. The summed E-state index contributed by atoms with van der Waals surface area (Å²) in [7, 11) is 0. The van der Waals surface area contributed by atoms with Crippen LogP contribution in [0.25, 0.3) is 0 Å². The molecule has 0 radical (unpaired) electrons. The Hall–Kier alpha value is -1.71. The highest BCUT2D eigenvalue weighted by Gasteiger charge is 2.27. The van der Waals surface area contributed by atoms with Crippen LogP contribution in [0, 0.1) is 0 Å². The van der Waals surface area contributed by atoms with E-state index in [-0.39, 0.29) is 41.9 Å². The highest BCUT2D eigenvalue weighted by Crippen LogP contribution is 2.13. The maximum Gasteiger partial charge on any atom is 0.407 e. The number of halogens is 1. The average molecular weight is 504 g/mol. The number of hydrogen-bond acceptors (Lipinski definition) is 4. The van der Waals surface area contributed by atoms with Gasteiger partial charge >= 0.3 is 6.09 Å².